The summed E-state index contributed by atoms with van der Waals surface area (Å²) in [6.45, 7) is 4.74. The molecule has 1 rings (SSSR count). The zero-order valence-electron chi connectivity index (χ0n) is 11.0. The minimum Gasteiger partial charge on any atom is -0.396 e. The Balaban J connectivity index is 2.55. The number of hydrogen-bond donors (Lipinski definition) is 2. The van der Waals surface area contributed by atoms with Crippen LogP contribution in [0.4, 0.5) is 0 Å². The van der Waals surface area contributed by atoms with Crippen molar-refractivity contribution in [3.8, 4) is 0 Å². The highest BCUT2D eigenvalue weighted by Gasteiger charge is 2.38. The maximum absolute atomic E-state index is 9.24. The van der Waals surface area contributed by atoms with Gasteiger partial charge in [0.2, 0.25) is 0 Å². The van der Waals surface area contributed by atoms with E-state index in [1.54, 1.807) is 0 Å². The molecule has 0 aromatic rings. The van der Waals surface area contributed by atoms with Gasteiger partial charge in [-0.3, -0.25) is 0 Å². The van der Waals surface area contributed by atoms with Gasteiger partial charge in [0, 0.05) is 12.6 Å². The van der Waals surface area contributed by atoms with E-state index < -0.39 is 0 Å². The second-order valence-corrected chi connectivity index (χ2v) is 5.58. The van der Waals surface area contributed by atoms with Crippen LogP contribution in [0.3, 0.4) is 0 Å². The first-order valence-electron chi connectivity index (χ1n) is 7.05. The van der Waals surface area contributed by atoms with Crippen molar-refractivity contribution in [1.82, 2.24) is 0 Å². The van der Waals surface area contributed by atoms with Crippen molar-refractivity contribution in [2.75, 3.05) is 6.61 Å². The highest BCUT2D eigenvalue weighted by Crippen LogP contribution is 2.45. The van der Waals surface area contributed by atoms with Gasteiger partial charge < -0.3 is 10.8 Å². The molecule has 0 aromatic carbocycles. The molecule has 0 spiro atoms. The Kier molecular flexibility index (Phi) is 5.77. The van der Waals surface area contributed by atoms with Gasteiger partial charge in [-0.2, -0.15) is 0 Å². The van der Waals surface area contributed by atoms with Crippen LogP contribution in [0.15, 0.2) is 0 Å². The highest BCUT2D eigenvalue weighted by atomic mass is 16.3. The highest BCUT2D eigenvalue weighted by molar-refractivity contribution is 4.92. The standard InChI is InChI=1S/C14H29NO/c1-3-5-12-6-8-14(9-7-12,10-11-16)13(15)4-2/h12-13,16H,3-11,15H2,1-2H3. The lowest BCUT2D eigenvalue weighted by atomic mass is 9.64. The first-order valence-corrected chi connectivity index (χ1v) is 7.05. The molecule has 2 heteroatoms. The van der Waals surface area contributed by atoms with Crippen LogP contribution in [0, 0.1) is 11.3 Å². The Morgan fingerprint density at radius 2 is 1.94 bits per heavy atom. The molecule has 0 saturated heterocycles. The zero-order valence-corrected chi connectivity index (χ0v) is 11.0. The minimum absolute atomic E-state index is 0.244. The summed E-state index contributed by atoms with van der Waals surface area (Å²) in [6, 6.07) is 0.280. The Labute approximate surface area is 101 Å². The number of aliphatic hydroxyl groups excluding tert-OH is 1. The molecule has 1 saturated carbocycles. The normalized spacial score (nSPS) is 32.6. The fourth-order valence-electron chi connectivity index (χ4n) is 3.41. The van der Waals surface area contributed by atoms with Crippen LogP contribution in [0.2, 0.25) is 0 Å². The molecule has 0 amide bonds. The van der Waals surface area contributed by atoms with Crippen LogP contribution < -0.4 is 5.73 Å². The summed E-state index contributed by atoms with van der Waals surface area (Å²) in [6.07, 6.45) is 9.72. The SMILES string of the molecule is CCCC1CCC(CCO)(C(N)CC)CC1. The average molecular weight is 227 g/mol. The molecule has 96 valence electrons. The van der Waals surface area contributed by atoms with E-state index in [0.29, 0.717) is 6.61 Å². The number of rotatable bonds is 6. The van der Waals surface area contributed by atoms with E-state index >= 15 is 0 Å². The molecular weight excluding hydrogens is 198 g/mol. The molecule has 0 bridgehead atoms. The predicted molar refractivity (Wildman–Crippen MR) is 69.3 cm³/mol. The monoisotopic (exact) mass is 227 g/mol. The number of aliphatic hydroxyl groups is 1. The van der Waals surface area contributed by atoms with Crippen molar-refractivity contribution in [1.29, 1.82) is 0 Å². The topological polar surface area (TPSA) is 46.2 Å². The summed E-state index contributed by atoms with van der Waals surface area (Å²) in [7, 11) is 0. The third kappa shape index (κ3) is 3.21. The molecule has 16 heavy (non-hydrogen) atoms. The van der Waals surface area contributed by atoms with Crippen LogP contribution >= 0.6 is 0 Å². The smallest absolute Gasteiger partial charge is 0.0436 e. The van der Waals surface area contributed by atoms with Gasteiger partial charge in [-0.25, -0.2) is 0 Å². The van der Waals surface area contributed by atoms with E-state index in [2.05, 4.69) is 13.8 Å². The van der Waals surface area contributed by atoms with Gasteiger partial charge in [-0.15, -0.1) is 0 Å². The molecule has 3 N–H and O–H groups in total. The lowest BCUT2D eigenvalue weighted by molar-refractivity contribution is 0.0732. The van der Waals surface area contributed by atoms with E-state index in [-0.39, 0.29) is 11.5 Å². The summed E-state index contributed by atoms with van der Waals surface area (Å²) in [5.74, 6) is 0.917. The van der Waals surface area contributed by atoms with Gasteiger partial charge in [0.05, 0.1) is 0 Å². The first kappa shape index (κ1) is 14.0. The number of hydrogen-bond acceptors (Lipinski definition) is 2. The van der Waals surface area contributed by atoms with Crippen LogP contribution in [0.5, 0.6) is 0 Å². The third-order valence-corrected chi connectivity index (χ3v) is 4.63. The molecule has 1 aliphatic carbocycles. The Hall–Kier alpha value is -0.0800. The first-order chi connectivity index (χ1) is 7.68. The number of nitrogens with two attached hydrogens (primary N) is 1. The molecule has 1 unspecified atom stereocenters. The summed E-state index contributed by atoms with van der Waals surface area (Å²) in [5, 5.41) is 9.24. The second kappa shape index (κ2) is 6.61. The van der Waals surface area contributed by atoms with Gasteiger partial charge in [0.1, 0.15) is 0 Å². The van der Waals surface area contributed by atoms with Crippen LogP contribution in [-0.2, 0) is 0 Å². The van der Waals surface area contributed by atoms with E-state index in [4.69, 9.17) is 5.73 Å². The molecule has 1 atom stereocenters. The van der Waals surface area contributed by atoms with Gasteiger partial charge in [0.25, 0.3) is 0 Å². The van der Waals surface area contributed by atoms with Crippen molar-refractivity contribution in [3.05, 3.63) is 0 Å². The minimum atomic E-state index is 0.244. The van der Waals surface area contributed by atoms with E-state index in [0.717, 1.165) is 18.8 Å². The zero-order chi connectivity index (χ0) is 12.0. The summed E-state index contributed by atoms with van der Waals surface area (Å²) in [5.41, 5.74) is 6.52. The lowest BCUT2D eigenvalue weighted by Gasteiger charge is -2.44. The van der Waals surface area contributed by atoms with Gasteiger partial charge >= 0.3 is 0 Å². The molecule has 1 aliphatic rings. The molecule has 0 heterocycles. The summed E-state index contributed by atoms with van der Waals surface area (Å²) < 4.78 is 0. The van der Waals surface area contributed by atoms with E-state index in [1.165, 1.54) is 38.5 Å². The van der Waals surface area contributed by atoms with Gasteiger partial charge in [-0.1, -0.05) is 26.7 Å². The predicted octanol–water partition coefficient (Wildman–Crippen LogP) is 3.08. The van der Waals surface area contributed by atoms with Crippen molar-refractivity contribution >= 4 is 0 Å². The molecule has 1 fully saturated rings. The fraction of sp³-hybridized carbons (Fsp3) is 1.00. The molecule has 2 nitrogen and oxygen atoms in total. The Bertz CT molecular complexity index is 185. The maximum Gasteiger partial charge on any atom is 0.0436 e. The van der Waals surface area contributed by atoms with Crippen LogP contribution in [-0.4, -0.2) is 17.8 Å². The maximum atomic E-state index is 9.24. The van der Waals surface area contributed by atoms with Crippen LogP contribution in [0.1, 0.15) is 65.2 Å². The third-order valence-electron chi connectivity index (χ3n) is 4.63. The molecule has 0 aromatic heterocycles. The average Bonchev–Trinajstić information content (AvgIpc) is 2.31. The Morgan fingerprint density at radius 3 is 2.38 bits per heavy atom. The van der Waals surface area contributed by atoms with Crippen LogP contribution in [0.25, 0.3) is 0 Å². The van der Waals surface area contributed by atoms with Crippen molar-refractivity contribution in [2.45, 2.75) is 71.3 Å². The van der Waals surface area contributed by atoms with E-state index in [1.807, 2.05) is 0 Å². The lowest BCUT2D eigenvalue weighted by Crippen LogP contribution is -2.44. The van der Waals surface area contributed by atoms with Crippen molar-refractivity contribution < 1.29 is 5.11 Å². The largest absolute Gasteiger partial charge is 0.396 e. The summed E-state index contributed by atoms with van der Waals surface area (Å²) in [4.78, 5) is 0. The molecule has 0 aliphatic heterocycles. The van der Waals surface area contributed by atoms with Gasteiger partial charge in [0.15, 0.2) is 0 Å². The van der Waals surface area contributed by atoms with Crippen molar-refractivity contribution in [3.63, 3.8) is 0 Å². The summed E-state index contributed by atoms with van der Waals surface area (Å²) >= 11 is 0. The molecule has 0 radical (unpaired) electrons. The van der Waals surface area contributed by atoms with Gasteiger partial charge in [-0.05, 0) is 49.9 Å². The van der Waals surface area contributed by atoms with Crippen molar-refractivity contribution in [2.24, 2.45) is 17.1 Å². The Morgan fingerprint density at radius 1 is 1.31 bits per heavy atom. The quantitative estimate of drug-likeness (QED) is 0.732. The van der Waals surface area contributed by atoms with E-state index in [9.17, 15) is 5.11 Å². The molecular formula is C14H29NO. The fourth-order valence-corrected chi connectivity index (χ4v) is 3.41. The second-order valence-electron chi connectivity index (χ2n) is 5.58.